The summed E-state index contributed by atoms with van der Waals surface area (Å²) in [6.45, 7) is 3.72. The van der Waals surface area contributed by atoms with Crippen molar-refractivity contribution in [1.82, 2.24) is 10.2 Å². The van der Waals surface area contributed by atoms with Gasteiger partial charge in [0.05, 0.1) is 12.6 Å². The predicted octanol–water partition coefficient (Wildman–Crippen LogP) is 0.150. The quantitative estimate of drug-likeness (QED) is 0.519. The highest BCUT2D eigenvalue weighted by Crippen LogP contribution is 2.08. The lowest BCUT2D eigenvalue weighted by Gasteiger charge is -2.11. The van der Waals surface area contributed by atoms with E-state index in [1.54, 1.807) is 11.8 Å². The summed E-state index contributed by atoms with van der Waals surface area (Å²) < 4.78 is 4.81. The maximum Gasteiger partial charge on any atom is 0.305 e. The molecule has 1 amide bonds. The van der Waals surface area contributed by atoms with Crippen LogP contribution >= 0.6 is 0 Å². The summed E-state index contributed by atoms with van der Waals surface area (Å²) in [5.74, 6) is -0.0182. The van der Waals surface area contributed by atoms with Crippen molar-refractivity contribution in [2.45, 2.75) is 32.2 Å². The van der Waals surface area contributed by atoms with Crippen LogP contribution in [0.3, 0.4) is 0 Å². The first-order valence-electron chi connectivity index (χ1n) is 5.79. The third-order valence-corrected chi connectivity index (χ3v) is 2.68. The molecule has 1 atom stereocenters. The summed E-state index contributed by atoms with van der Waals surface area (Å²) >= 11 is 0. The van der Waals surface area contributed by atoms with E-state index in [1.807, 2.05) is 7.05 Å². The SMILES string of the molecule is CCOC(=O)CCCNC1CCN(C)C1=O. The monoisotopic (exact) mass is 228 g/mol. The van der Waals surface area contributed by atoms with E-state index in [1.165, 1.54) is 0 Å². The highest BCUT2D eigenvalue weighted by atomic mass is 16.5. The van der Waals surface area contributed by atoms with Crippen molar-refractivity contribution in [2.24, 2.45) is 0 Å². The van der Waals surface area contributed by atoms with Crippen LogP contribution in [0.2, 0.25) is 0 Å². The fraction of sp³-hybridized carbons (Fsp3) is 0.818. The topological polar surface area (TPSA) is 58.6 Å². The molecule has 0 saturated carbocycles. The predicted molar refractivity (Wildman–Crippen MR) is 59.9 cm³/mol. The maximum absolute atomic E-state index is 11.5. The van der Waals surface area contributed by atoms with Crippen LogP contribution in [0.5, 0.6) is 0 Å². The number of esters is 1. The van der Waals surface area contributed by atoms with Crippen LogP contribution in [-0.4, -0.2) is 49.6 Å². The molecule has 0 aromatic heterocycles. The van der Waals surface area contributed by atoms with E-state index in [0.29, 0.717) is 26.0 Å². The first-order valence-corrected chi connectivity index (χ1v) is 5.79. The zero-order valence-electron chi connectivity index (χ0n) is 9.99. The second-order valence-electron chi connectivity index (χ2n) is 3.96. The molecular formula is C11H20N2O3. The number of rotatable bonds is 6. The fourth-order valence-electron chi connectivity index (χ4n) is 1.75. The van der Waals surface area contributed by atoms with E-state index >= 15 is 0 Å². The number of likely N-dealkylation sites (tertiary alicyclic amines) is 1. The molecule has 0 spiro atoms. The molecule has 5 nitrogen and oxygen atoms in total. The molecule has 5 heteroatoms. The third-order valence-electron chi connectivity index (χ3n) is 2.68. The minimum absolute atomic E-state index is 0.0628. The molecule has 1 unspecified atom stereocenters. The van der Waals surface area contributed by atoms with Crippen molar-refractivity contribution >= 4 is 11.9 Å². The highest BCUT2D eigenvalue weighted by molar-refractivity contribution is 5.83. The summed E-state index contributed by atoms with van der Waals surface area (Å²) in [6.07, 6.45) is 1.98. The molecule has 0 aromatic rings. The Hall–Kier alpha value is -1.10. The van der Waals surface area contributed by atoms with Crippen LogP contribution in [0.15, 0.2) is 0 Å². The molecule has 1 saturated heterocycles. The highest BCUT2D eigenvalue weighted by Gasteiger charge is 2.27. The summed E-state index contributed by atoms with van der Waals surface area (Å²) in [5, 5.41) is 3.16. The Bertz CT molecular complexity index is 256. The van der Waals surface area contributed by atoms with Crippen LogP contribution < -0.4 is 5.32 Å². The number of nitrogens with one attached hydrogen (secondary N) is 1. The average Bonchev–Trinajstić information content (AvgIpc) is 2.56. The van der Waals surface area contributed by atoms with Gasteiger partial charge in [-0.3, -0.25) is 9.59 Å². The van der Waals surface area contributed by atoms with Gasteiger partial charge in [0.2, 0.25) is 5.91 Å². The van der Waals surface area contributed by atoms with Gasteiger partial charge in [-0.1, -0.05) is 0 Å². The number of hydrogen-bond donors (Lipinski definition) is 1. The molecule has 0 radical (unpaired) electrons. The van der Waals surface area contributed by atoms with E-state index in [4.69, 9.17) is 4.74 Å². The molecule has 0 aromatic carbocycles. The van der Waals surface area contributed by atoms with E-state index in [-0.39, 0.29) is 17.9 Å². The van der Waals surface area contributed by atoms with Crippen LogP contribution in [0, 0.1) is 0 Å². The normalized spacial score (nSPS) is 20.2. The second kappa shape index (κ2) is 6.48. The molecular weight excluding hydrogens is 208 g/mol. The zero-order chi connectivity index (χ0) is 12.0. The summed E-state index contributed by atoms with van der Waals surface area (Å²) in [7, 11) is 1.81. The van der Waals surface area contributed by atoms with Gasteiger partial charge in [0, 0.05) is 20.0 Å². The van der Waals surface area contributed by atoms with Gasteiger partial charge >= 0.3 is 5.97 Å². The van der Waals surface area contributed by atoms with Crippen LogP contribution in [0.25, 0.3) is 0 Å². The minimum Gasteiger partial charge on any atom is -0.466 e. The van der Waals surface area contributed by atoms with Crippen LogP contribution in [0.4, 0.5) is 0 Å². The van der Waals surface area contributed by atoms with Gasteiger partial charge in [-0.25, -0.2) is 0 Å². The number of amides is 1. The van der Waals surface area contributed by atoms with Crippen molar-refractivity contribution in [3.8, 4) is 0 Å². The van der Waals surface area contributed by atoms with Gasteiger partial charge in [-0.05, 0) is 26.3 Å². The van der Waals surface area contributed by atoms with Gasteiger partial charge in [-0.2, -0.15) is 0 Å². The van der Waals surface area contributed by atoms with E-state index in [9.17, 15) is 9.59 Å². The minimum atomic E-state index is -0.167. The first-order chi connectivity index (χ1) is 7.65. The standard InChI is InChI=1S/C11H20N2O3/c1-3-16-10(14)5-4-7-12-9-6-8-13(2)11(9)15/h9,12H,3-8H2,1-2H3. The molecule has 0 aliphatic carbocycles. The lowest BCUT2D eigenvalue weighted by atomic mass is 10.2. The second-order valence-corrected chi connectivity index (χ2v) is 3.96. The number of carbonyl (C=O) groups is 2. The Labute approximate surface area is 96.1 Å². The van der Waals surface area contributed by atoms with Crippen molar-refractivity contribution in [2.75, 3.05) is 26.7 Å². The smallest absolute Gasteiger partial charge is 0.305 e. The molecule has 16 heavy (non-hydrogen) atoms. The third kappa shape index (κ3) is 3.81. The van der Waals surface area contributed by atoms with Gasteiger partial charge in [0.15, 0.2) is 0 Å². The van der Waals surface area contributed by atoms with E-state index in [2.05, 4.69) is 5.32 Å². The summed E-state index contributed by atoms with van der Waals surface area (Å²) in [4.78, 5) is 24.3. The Morgan fingerprint density at radius 2 is 2.38 bits per heavy atom. The largest absolute Gasteiger partial charge is 0.466 e. The van der Waals surface area contributed by atoms with Crippen LogP contribution in [0.1, 0.15) is 26.2 Å². The van der Waals surface area contributed by atoms with Crippen LogP contribution in [-0.2, 0) is 14.3 Å². The lowest BCUT2D eigenvalue weighted by molar-refractivity contribution is -0.143. The van der Waals surface area contributed by atoms with Crippen molar-refractivity contribution in [3.63, 3.8) is 0 Å². The number of hydrogen-bond acceptors (Lipinski definition) is 4. The molecule has 1 fully saturated rings. The molecule has 1 heterocycles. The number of likely N-dealkylation sites (N-methyl/N-ethyl adjacent to an activating group) is 1. The van der Waals surface area contributed by atoms with Crippen molar-refractivity contribution < 1.29 is 14.3 Å². The number of ether oxygens (including phenoxy) is 1. The maximum atomic E-state index is 11.5. The average molecular weight is 228 g/mol. The van der Waals surface area contributed by atoms with Gasteiger partial charge in [-0.15, -0.1) is 0 Å². The van der Waals surface area contributed by atoms with E-state index in [0.717, 1.165) is 13.0 Å². The molecule has 92 valence electrons. The molecule has 1 aliphatic heterocycles. The van der Waals surface area contributed by atoms with Gasteiger partial charge in [0.1, 0.15) is 0 Å². The van der Waals surface area contributed by atoms with Gasteiger partial charge < -0.3 is 15.0 Å². The summed E-state index contributed by atoms with van der Waals surface area (Å²) in [6, 6.07) is -0.0628. The Morgan fingerprint density at radius 1 is 1.62 bits per heavy atom. The fourth-order valence-corrected chi connectivity index (χ4v) is 1.75. The molecule has 1 N–H and O–H groups in total. The Kier molecular flexibility index (Phi) is 5.25. The molecule has 1 aliphatic rings. The van der Waals surface area contributed by atoms with Crippen molar-refractivity contribution in [3.05, 3.63) is 0 Å². The Balaban J connectivity index is 2.08. The van der Waals surface area contributed by atoms with Crippen molar-refractivity contribution in [1.29, 1.82) is 0 Å². The lowest BCUT2D eigenvalue weighted by Crippen LogP contribution is -2.37. The first kappa shape index (κ1) is 13.0. The zero-order valence-corrected chi connectivity index (χ0v) is 9.99. The summed E-state index contributed by atoms with van der Waals surface area (Å²) in [5.41, 5.74) is 0. The van der Waals surface area contributed by atoms with Gasteiger partial charge in [0.25, 0.3) is 0 Å². The Morgan fingerprint density at radius 3 is 2.94 bits per heavy atom. The number of carbonyl (C=O) groups excluding carboxylic acids is 2. The number of nitrogens with zero attached hydrogens (tertiary/aromatic N) is 1. The molecule has 1 rings (SSSR count). The van der Waals surface area contributed by atoms with E-state index < -0.39 is 0 Å². The molecule has 0 bridgehead atoms.